The van der Waals surface area contributed by atoms with Crippen molar-refractivity contribution >= 4 is 35.4 Å². The normalized spacial score (nSPS) is 11.0. The molecule has 3 aromatic rings. The molecule has 0 bridgehead atoms. The van der Waals surface area contributed by atoms with Crippen LogP contribution in [-0.2, 0) is 27.5 Å². The van der Waals surface area contributed by atoms with Gasteiger partial charge in [0.1, 0.15) is 19.3 Å². The van der Waals surface area contributed by atoms with Crippen LogP contribution in [0.5, 0.6) is 0 Å². The van der Waals surface area contributed by atoms with Gasteiger partial charge in [-0.25, -0.2) is 9.59 Å². The van der Waals surface area contributed by atoms with Crippen LogP contribution in [0.3, 0.4) is 0 Å². The maximum atomic E-state index is 13.5. The van der Waals surface area contributed by atoms with Crippen LogP contribution in [0.4, 0.5) is 21.0 Å². The predicted octanol–water partition coefficient (Wildman–Crippen LogP) is 4.14. The smallest absolute Gasteiger partial charge is 0.420 e. The SMILES string of the molecule is N=C(N)NCCC[C@@H](C(=O)Nc1ccc([N+](=O)[O-])cc1)N(C(=O)OCc1ccccc1)C(=O)OCc1ccccc1. The van der Waals surface area contributed by atoms with Gasteiger partial charge in [0.2, 0.25) is 5.91 Å². The van der Waals surface area contributed by atoms with E-state index < -0.39 is 29.1 Å². The third-order valence-electron chi connectivity index (χ3n) is 5.73. The molecule has 0 fully saturated rings. The summed E-state index contributed by atoms with van der Waals surface area (Å²) in [7, 11) is 0. The Morgan fingerprint density at radius 3 is 1.85 bits per heavy atom. The van der Waals surface area contributed by atoms with Gasteiger partial charge in [0.15, 0.2) is 5.96 Å². The van der Waals surface area contributed by atoms with E-state index in [4.69, 9.17) is 20.6 Å². The highest BCUT2D eigenvalue weighted by molar-refractivity contribution is 6.01. The number of carbonyl (C=O) groups is 3. The molecule has 13 heteroatoms. The summed E-state index contributed by atoms with van der Waals surface area (Å²) >= 11 is 0. The van der Waals surface area contributed by atoms with Crippen molar-refractivity contribution in [2.45, 2.75) is 32.1 Å². The lowest BCUT2D eigenvalue weighted by Crippen LogP contribution is -2.51. The molecule has 3 amide bonds. The van der Waals surface area contributed by atoms with E-state index in [0.29, 0.717) is 16.0 Å². The Morgan fingerprint density at radius 2 is 1.39 bits per heavy atom. The van der Waals surface area contributed by atoms with Crippen LogP contribution in [0, 0.1) is 15.5 Å². The molecule has 41 heavy (non-hydrogen) atoms. The number of nitrogens with zero attached hydrogens (tertiary/aromatic N) is 2. The molecule has 0 saturated carbocycles. The Bertz CT molecular complexity index is 1280. The highest BCUT2D eigenvalue weighted by Gasteiger charge is 2.37. The molecule has 13 nitrogen and oxygen atoms in total. The minimum absolute atomic E-state index is 0.0417. The van der Waals surface area contributed by atoms with Crippen LogP contribution in [-0.4, -0.2) is 46.5 Å². The van der Waals surface area contributed by atoms with E-state index in [1.807, 2.05) is 0 Å². The van der Waals surface area contributed by atoms with Crippen molar-refractivity contribution in [3.63, 3.8) is 0 Å². The maximum Gasteiger partial charge on any atom is 0.420 e. The van der Waals surface area contributed by atoms with Crippen molar-refractivity contribution in [3.8, 4) is 0 Å². The number of carbonyl (C=O) groups excluding carboxylic acids is 3. The van der Waals surface area contributed by atoms with Gasteiger partial charge in [-0.1, -0.05) is 60.7 Å². The zero-order valence-electron chi connectivity index (χ0n) is 22.0. The van der Waals surface area contributed by atoms with Gasteiger partial charge in [-0.15, -0.1) is 0 Å². The molecule has 0 radical (unpaired) electrons. The minimum atomic E-state index is -1.40. The number of non-ortho nitro benzene ring substituents is 1. The average molecular weight is 563 g/mol. The van der Waals surface area contributed by atoms with E-state index >= 15 is 0 Å². The standard InChI is InChI=1S/C28H30N6O7/c29-26(30)31-17-7-12-24(25(35)32-22-13-15-23(16-14-22)34(38)39)33(27(36)40-18-20-8-3-1-4-9-20)28(37)41-19-21-10-5-2-6-11-21/h1-6,8-11,13-16,24H,7,12,17-19H2,(H,32,35)(H4,29,30,31)/t24-/m0/s1. The second-order valence-electron chi connectivity index (χ2n) is 8.74. The second kappa shape index (κ2) is 15.2. The van der Waals surface area contributed by atoms with E-state index in [1.165, 1.54) is 24.3 Å². The van der Waals surface area contributed by atoms with Gasteiger partial charge in [-0.3, -0.25) is 20.3 Å². The second-order valence-corrected chi connectivity index (χ2v) is 8.74. The lowest BCUT2D eigenvalue weighted by molar-refractivity contribution is -0.384. The number of amides is 3. The lowest BCUT2D eigenvalue weighted by atomic mass is 10.1. The van der Waals surface area contributed by atoms with E-state index in [2.05, 4.69) is 10.6 Å². The number of nitro benzene ring substituents is 1. The first-order valence-electron chi connectivity index (χ1n) is 12.6. The summed E-state index contributed by atoms with van der Waals surface area (Å²) in [5.74, 6) is -1.03. The van der Waals surface area contributed by atoms with Crippen molar-refractivity contribution < 1.29 is 28.8 Å². The molecule has 0 heterocycles. The number of benzene rings is 3. The minimum Gasteiger partial charge on any atom is -0.444 e. The lowest BCUT2D eigenvalue weighted by Gasteiger charge is -2.28. The van der Waals surface area contributed by atoms with Gasteiger partial charge < -0.3 is 25.8 Å². The molecule has 0 aliphatic heterocycles. The molecule has 0 saturated heterocycles. The molecule has 0 aliphatic carbocycles. The Kier molecular flexibility index (Phi) is 11.2. The van der Waals surface area contributed by atoms with Gasteiger partial charge in [0, 0.05) is 24.4 Å². The highest BCUT2D eigenvalue weighted by Crippen LogP contribution is 2.19. The fourth-order valence-corrected chi connectivity index (χ4v) is 3.69. The van der Waals surface area contributed by atoms with Crippen LogP contribution in [0.1, 0.15) is 24.0 Å². The monoisotopic (exact) mass is 562 g/mol. The Morgan fingerprint density at radius 1 is 0.878 bits per heavy atom. The first-order chi connectivity index (χ1) is 19.7. The van der Waals surface area contributed by atoms with Crippen molar-refractivity contribution in [2.24, 2.45) is 5.73 Å². The Labute approximate surface area is 235 Å². The number of ether oxygens (including phenoxy) is 2. The number of nitrogens with two attached hydrogens (primary N) is 1. The summed E-state index contributed by atoms with van der Waals surface area (Å²) in [4.78, 5) is 51.1. The van der Waals surface area contributed by atoms with Gasteiger partial charge in [0.05, 0.1) is 4.92 Å². The number of guanidine groups is 1. The number of nitrogens with one attached hydrogen (secondary N) is 3. The van der Waals surface area contributed by atoms with Crippen molar-refractivity contribution in [1.29, 1.82) is 5.41 Å². The molecule has 5 N–H and O–H groups in total. The number of hydrogen-bond donors (Lipinski definition) is 4. The first kappa shape index (κ1) is 30.1. The Hall–Kier alpha value is -5.46. The van der Waals surface area contributed by atoms with Crippen molar-refractivity contribution in [1.82, 2.24) is 10.2 Å². The van der Waals surface area contributed by atoms with Crippen LogP contribution >= 0.6 is 0 Å². The maximum absolute atomic E-state index is 13.5. The third kappa shape index (κ3) is 9.66. The largest absolute Gasteiger partial charge is 0.444 e. The molecule has 1 atom stereocenters. The number of rotatable bonds is 12. The number of imide groups is 1. The molecular formula is C28H30N6O7. The van der Waals surface area contributed by atoms with Gasteiger partial charge in [-0.05, 0) is 36.1 Å². The summed E-state index contributed by atoms with van der Waals surface area (Å²) < 4.78 is 10.8. The van der Waals surface area contributed by atoms with E-state index in [0.717, 1.165) is 0 Å². The van der Waals surface area contributed by atoms with Crippen LogP contribution < -0.4 is 16.4 Å². The van der Waals surface area contributed by atoms with E-state index in [-0.39, 0.29) is 49.9 Å². The van der Waals surface area contributed by atoms with Crippen molar-refractivity contribution in [3.05, 3.63) is 106 Å². The summed E-state index contributed by atoms with van der Waals surface area (Å²) in [5.41, 5.74) is 6.70. The van der Waals surface area contributed by atoms with E-state index in [1.54, 1.807) is 60.7 Å². The van der Waals surface area contributed by atoms with Gasteiger partial charge in [0.25, 0.3) is 5.69 Å². The molecule has 0 spiro atoms. The fourth-order valence-electron chi connectivity index (χ4n) is 3.69. The molecule has 3 aromatic carbocycles. The topological polar surface area (TPSA) is 190 Å². The molecule has 214 valence electrons. The molecule has 0 aliphatic rings. The summed E-state index contributed by atoms with van der Waals surface area (Å²) in [6.07, 6.45) is -2.02. The molecular weight excluding hydrogens is 532 g/mol. The summed E-state index contributed by atoms with van der Waals surface area (Å²) in [6.45, 7) is -0.141. The quantitative estimate of drug-likeness (QED) is 0.0826. The number of hydrogen-bond acceptors (Lipinski definition) is 8. The summed E-state index contributed by atoms with van der Waals surface area (Å²) in [6, 6.07) is 21.3. The number of anilines is 1. The van der Waals surface area contributed by atoms with Gasteiger partial charge in [-0.2, -0.15) is 4.90 Å². The molecule has 3 rings (SSSR count). The van der Waals surface area contributed by atoms with Crippen LogP contribution in [0.15, 0.2) is 84.9 Å². The summed E-state index contributed by atoms with van der Waals surface area (Å²) in [5, 5.41) is 23.5. The zero-order valence-corrected chi connectivity index (χ0v) is 22.0. The highest BCUT2D eigenvalue weighted by atomic mass is 16.6. The predicted molar refractivity (Wildman–Crippen MR) is 150 cm³/mol. The Balaban J connectivity index is 1.85. The number of nitro groups is 1. The van der Waals surface area contributed by atoms with Crippen LogP contribution in [0.2, 0.25) is 0 Å². The van der Waals surface area contributed by atoms with Gasteiger partial charge >= 0.3 is 12.2 Å². The van der Waals surface area contributed by atoms with Crippen molar-refractivity contribution in [2.75, 3.05) is 11.9 Å². The van der Waals surface area contributed by atoms with E-state index in [9.17, 15) is 24.5 Å². The van der Waals surface area contributed by atoms with Crippen LogP contribution in [0.25, 0.3) is 0 Å². The average Bonchev–Trinajstić information content (AvgIpc) is 2.97. The first-order valence-corrected chi connectivity index (χ1v) is 12.6. The molecule has 0 aromatic heterocycles. The molecule has 0 unspecified atom stereocenters. The fraction of sp³-hybridized carbons (Fsp3) is 0.214. The zero-order chi connectivity index (χ0) is 29.6. The third-order valence-corrected chi connectivity index (χ3v) is 5.73.